The molecular weight excluding hydrogens is 330 g/mol. The Morgan fingerprint density at radius 1 is 1.38 bits per heavy atom. The van der Waals surface area contributed by atoms with Crippen molar-refractivity contribution < 1.29 is 4.74 Å². The predicted molar refractivity (Wildman–Crippen MR) is 88.5 cm³/mol. The second-order valence-electron chi connectivity index (χ2n) is 4.88. The van der Waals surface area contributed by atoms with E-state index in [0.29, 0.717) is 6.61 Å². The summed E-state index contributed by atoms with van der Waals surface area (Å²) in [5.74, 6) is 1.85. The van der Waals surface area contributed by atoms with E-state index in [0.717, 1.165) is 34.7 Å². The van der Waals surface area contributed by atoms with Crippen LogP contribution in [0.25, 0.3) is 0 Å². The molecule has 1 aromatic heterocycles. The van der Waals surface area contributed by atoms with Crippen molar-refractivity contribution in [1.82, 2.24) is 14.9 Å². The summed E-state index contributed by atoms with van der Waals surface area (Å²) in [6.45, 7) is 8.66. The quantitative estimate of drug-likeness (QED) is 0.821. The van der Waals surface area contributed by atoms with Crippen LogP contribution < -0.4 is 10.1 Å². The number of imidazole rings is 1. The zero-order valence-electron chi connectivity index (χ0n) is 12.8. The molecule has 1 N–H and O–H groups in total. The van der Waals surface area contributed by atoms with Gasteiger partial charge in [-0.1, -0.05) is 22.9 Å². The third kappa shape index (κ3) is 4.08. The molecule has 1 atom stereocenters. The molecule has 0 amide bonds. The molecule has 0 bridgehead atoms. The smallest absolute Gasteiger partial charge is 0.146 e. The SMILES string of the molecule is CCNC(C)c1cc(Br)ccc1OCc1nccn1CC. The lowest BCUT2D eigenvalue weighted by Crippen LogP contribution is -2.18. The van der Waals surface area contributed by atoms with Crippen molar-refractivity contribution in [3.8, 4) is 5.75 Å². The van der Waals surface area contributed by atoms with E-state index in [-0.39, 0.29) is 6.04 Å². The monoisotopic (exact) mass is 351 g/mol. The number of aryl methyl sites for hydroxylation is 1. The summed E-state index contributed by atoms with van der Waals surface area (Å²) >= 11 is 3.53. The normalized spacial score (nSPS) is 12.4. The third-order valence-electron chi connectivity index (χ3n) is 3.45. The van der Waals surface area contributed by atoms with Gasteiger partial charge in [-0.25, -0.2) is 4.98 Å². The van der Waals surface area contributed by atoms with Gasteiger partial charge in [0.25, 0.3) is 0 Å². The fraction of sp³-hybridized carbons (Fsp3) is 0.438. The van der Waals surface area contributed by atoms with E-state index in [2.05, 4.69) is 57.6 Å². The van der Waals surface area contributed by atoms with E-state index in [4.69, 9.17) is 4.74 Å². The van der Waals surface area contributed by atoms with E-state index < -0.39 is 0 Å². The average molecular weight is 352 g/mol. The molecule has 2 aromatic rings. The van der Waals surface area contributed by atoms with E-state index >= 15 is 0 Å². The number of aromatic nitrogens is 2. The van der Waals surface area contributed by atoms with Gasteiger partial charge in [-0.2, -0.15) is 0 Å². The maximum Gasteiger partial charge on any atom is 0.146 e. The Morgan fingerprint density at radius 3 is 2.90 bits per heavy atom. The summed E-state index contributed by atoms with van der Waals surface area (Å²) in [6, 6.07) is 6.36. The second-order valence-corrected chi connectivity index (χ2v) is 5.80. The molecule has 0 radical (unpaired) electrons. The van der Waals surface area contributed by atoms with E-state index in [1.807, 2.05) is 24.5 Å². The fourth-order valence-corrected chi connectivity index (χ4v) is 2.69. The summed E-state index contributed by atoms with van der Waals surface area (Å²) in [4.78, 5) is 4.34. The van der Waals surface area contributed by atoms with Crippen LogP contribution in [-0.4, -0.2) is 16.1 Å². The number of rotatable bonds is 7. The standard InChI is InChI=1S/C16H22BrN3O/c1-4-18-12(3)14-10-13(17)6-7-15(14)21-11-16-19-8-9-20(16)5-2/h6-10,12,18H,4-5,11H2,1-3H3. The van der Waals surface area contributed by atoms with Crippen LogP contribution in [0.3, 0.4) is 0 Å². The number of nitrogens with one attached hydrogen (secondary N) is 1. The van der Waals surface area contributed by atoms with Crippen molar-refractivity contribution in [2.75, 3.05) is 6.54 Å². The van der Waals surface area contributed by atoms with Gasteiger partial charge in [-0.05, 0) is 38.6 Å². The Bertz CT molecular complexity index is 583. The van der Waals surface area contributed by atoms with Crippen molar-refractivity contribution in [2.45, 2.75) is 40.0 Å². The highest BCUT2D eigenvalue weighted by Gasteiger charge is 2.12. The van der Waals surface area contributed by atoms with Crippen LogP contribution in [-0.2, 0) is 13.2 Å². The Hall–Kier alpha value is -1.33. The molecule has 2 rings (SSSR count). The minimum absolute atomic E-state index is 0.244. The molecule has 21 heavy (non-hydrogen) atoms. The van der Waals surface area contributed by atoms with Gasteiger partial charge in [0, 0.05) is 35.0 Å². The third-order valence-corrected chi connectivity index (χ3v) is 3.94. The lowest BCUT2D eigenvalue weighted by Gasteiger charge is -2.18. The molecule has 0 aliphatic heterocycles. The highest BCUT2D eigenvalue weighted by atomic mass is 79.9. The van der Waals surface area contributed by atoms with Crippen LogP contribution in [0, 0.1) is 0 Å². The molecule has 0 aliphatic carbocycles. The van der Waals surface area contributed by atoms with Crippen LogP contribution in [0.15, 0.2) is 35.1 Å². The zero-order valence-corrected chi connectivity index (χ0v) is 14.4. The van der Waals surface area contributed by atoms with Crippen LogP contribution in [0.5, 0.6) is 5.75 Å². The second kappa shape index (κ2) is 7.61. The molecule has 0 fully saturated rings. The van der Waals surface area contributed by atoms with Gasteiger partial charge in [0.2, 0.25) is 0 Å². The molecule has 1 aromatic carbocycles. The van der Waals surface area contributed by atoms with Crippen molar-refractivity contribution in [1.29, 1.82) is 0 Å². The van der Waals surface area contributed by atoms with Gasteiger partial charge in [-0.15, -0.1) is 0 Å². The molecule has 4 nitrogen and oxygen atoms in total. The van der Waals surface area contributed by atoms with Crippen molar-refractivity contribution in [3.05, 3.63) is 46.5 Å². The molecule has 5 heteroatoms. The van der Waals surface area contributed by atoms with Gasteiger partial charge in [0.1, 0.15) is 18.2 Å². The first-order valence-electron chi connectivity index (χ1n) is 7.31. The van der Waals surface area contributed by atoms with Gasteiger partial charge in [0.05, 0.1) is 0 Å². The number of benzene rings is 1. The number of hydrogen-bond donors (Lipinski definition) is 1. The van der Waals surface area contributed by atoms with Gasteiger partial charge in [0.15, 0.2) is 0 Å². The fourth-order valence-electron chi connectivity index (χ4n) is 2.32. The summed E-state index contributed by atoms with van der Waals surface area (Å²) < 4.78 is 9.15. The van der Waals surface area contributed by atoms with Crippen molar-refractivity contribution >= 4 is 15.9 Å². The zero-order chi connectivity index (χ0) is 15.2. The number of halogens is 1. The summed E-state index contributed by atoms with van der Waals surface area (Å²) in [7, 11) is 0. The number of nitrogens with zero attached hydrogens (tertiary/aromatic N) is 2. The topological polar surface area (TPSA) is 39.1 Å². The summed E-state index contributed by atoms with van der Waals surface area (Å²) in [6.07, 6.45) is 3.79. The molecular formula is C16H22BrN3O. The van der Waals surface area contributed by atoms with Crippen LogP contribution >= 0.6 is 15.9 Å². The van der Waals surface area contributed by atoms with Crippen LogP contribution in [0.2, 0.25) is 0 Å². The van der Waals surface area contributed by atoms with E-state index in [9.17, 15) is 0 Å². The highest BCUT2D eigenvalue weighted by molar-refractivity contribution is 9.10. The first-order valence-corrected chi connectivity index (χ1v) is 8.10. The van der Waals surface area contributed by atoms with Gasteiger partial charge in [-0.3, -0.25) is 0 Å². The van der Waals surface area contributed by atoms with Crippen LogP contribution in [0.1, 0.15) is 38.2 Å². The number of hydrogen-bond acceptors (Lipinski definition) is 3. The van der Waals surface area contributed by atoms with E-state index in [1.165, 1.54) is 0 Å². The molecule has 114 valence electrons. The lowest BCUT2D eigenvalue weighted by atomic mass is 10.1. The maximum absolute atomic E-state index is 6.00. The van der Waals surface area contributed by atoms with Crippen molar-refractivity contribution in [2.24, 2.45) is 0 Å². The van der Waals surface area contributed by atoms with Crippen LogP contribution in [0.4, 0.5) is 0 Å². The molecule has 1 unspecified atom stereocenters. The first kappa shape index (κ1) is 16.0. The maximum atomic E-state index is 6.00. The minimum Gasteiger partial charge on any atom is -0.485 e. The Morgan fingerprint density at radius 2 is 2.19 bits per heavy atom. The average Bonchev–Trinajstić information content (AvgIpc) is 2.93. The van der Waals surface area contributed by atoms with Crippen molar-refractivity contribution in [3.63, 3.8) is 0 Å². The molecule has 0 aliphatic rings. The molecule has 0 saturated carbocycles. The molecule has 0 spiro atoms. The Balaban J connectivity index is 2.15. The summed E-state index contributed by atoms with van der Waals surface area (Å²) in [5, 5.41) is 3.42. The van der Waals surface area contributed by atoms with Gasteiger partial charge >= 0.3 is 0 Å². The molecule has 1 heterocycles. The largest absolute Gasteiger partial charge is 0.485 e. The molecule has 0 saturated heterocycles. The van der Waals surface area contributed by atoms with Gasteiger partial charge < -0.3 is 14.6 Å². The Labute approximate surface area is 134 Å². The first-order chi connectivity index (χ1) is 10.2. The predicted octanol–water partition coefficient (Wildman–Crippen LogP) is 3.92. The number of ether oxygens (including phenoxy) is 1. The highest BCUT2D eigenvalue weighted by Crippen LogP contribution is 2.29. The summed E-state index contributed by atoms with van der Waals surface area (Å²) in [5.41, 5.74) is 1.15. The lowest BCUT2D eigenvalue weighted by molar-refractivity contribution is 0.284. The minimum atomic E-state index is 0.244. The Kier molecular flexibility index (Phi) is 5.82. The van der Waals surface area contributed by atoms with E-state index in [1.54, 1.807) is 0 Å².